The third-order valence-corrected chi connectivity index (χ3v) is 3.65. The van der Waals surface area contributed by atoms with Crippen molar-refractivity contribution in [1.29, 1.82) is 0 Å². The molecule has 1 saturated heterocycles. The van der Waals surface area contributed by atoms with Gasteiger partial charge < -0.3 is 19.7 Å². The molecule has 1 fully saturated rings. The minimum absolute atomic E-state index is 0.0334. The summed E-state index contributed by atoms with van der Waals surface area (Å²) in [5.74, 6) is -0.723. The van der Waals surface area contributed by atoms with Crippen molar-refractivity contribution >= 4 is 23.6 Å². The summed E-state index contributed by atoms with van der Waals surface area (Å²) in [7, 11) is 1.20. The molecule has 2 heterocycles. The normalized spacial score (nSPS) is 16.9. The maximum atomic E-state index is 12.1. The lowest BCUT2D eigenvalue weighted by atomic mass is 10.2. The van der Waals surface area contributed by atoms with Gasteiger partial charge in [-0.05, 0) is 33.3 Å². The first kappa shape index (κ1) is 19.4. The van der Waals surface area contributed by atoms with Crippen LogP contribution in [0, 0.1) is 10.1 Å². The molecular formula is C16H22N4O6. The smallest absolute Gasteiger partial charge is 0.410 e. The Morgan fingerprint density at radius 2 is 2.08 bits per heavy atom. The number of rotatable bonds is 4. The molecule has 0 aromatic carbocycles. The lowest BCUT2D eigenvalue weighted by Crippen LogP contribution is -2.36. The first-order valence-corrected chi connectivity index (χ1v) is 8.09. The Kier molecular flexibility index (Phi) is 5.63. The Bertz CT molecular complexity index is 715. The molecule has 1 aliphatic rings. The number of aromatic nitrogens is 1. The second-order valence-corrected chi connectivity index (χ2v) is 6.87. The van der Waals surface area contributed by atoms with Gasteiger partial charge in [-0.2, -0.15) is 0 Å². The second kappa shape index (κ2) is 7.54. The van der Waals surface area contributed by atoms with Crippen LogP contribution in [0.25, 0.3) is 0 Å². The Balaban J connectivity index is 2.12. The van der Waals surface area contributed by atoms with Gasteiger partial charge in [0.05, 0.1) is 12.0 Å². The second-order valence-electron chi connectivity index (χ2n) is 6.87. The van der Waals surface area contributed by atoms with E-state index in [1.54, 1.807) is 20.8 Å². The van der Waals surface area contributed by atoms with Crippen molar-refractivity contribution in [3.05, 3.63) is 27.9 Å². The molecule has 1 N–H and O–H groups in total. The van der Waals surface area contributed by atoms with Crippen LogP contribution in [0.3, 0.4) is 0 Å². The van der Waals surface area contributed by atoms with Gasteiger partial charge in [0.2, 0.25) is 5.82 Å². The number of carbonyl (C=O) groups excluding carboxylic acids is 2. The summed E-state index contributed by atoms with van der Waals surface area (Å²) in [4.78, 5) is 39.8. The van der Waals surface area contributed by atoms with Crippen molar-refractivity contribution in [2.24, 2.45) is 0 Å². The average Bonchev–Trinajstić information content (AvgIpc) is 3.01. The van der Waals surface area contributed by atoms with Gasteiger partial charge in [-0.1, -0.05) is 0 Å². The summed E-state index contributed by atoms with van der Waals surface area (Å²) in [6, 6.07) is 2.18. The number of anilines is 1. The minimum atomic E-state index is -0.690. The molecule has 0 radical (unpaired) electrons. The Labute approximate surface area is 150 Å². The van der Waals surface area contributed by atoms with Crippen molar-refractivity contribution in [3.63, 3.8) is 0 Å². The molecular weight excluding hydrogens is 344 g/mol. The molecule has 0 spiro atoms. The number of nitrogens with zero attached hydrogens (tertiary/aromatic N) is 3. The molecule has 0 saturated carbocycles. The van der Waals surface area contributed by atoms with E-state index in [-0.39, 0.29) is 23.2 Å². The van der Waals surface area contributed by atoms with Crippen LogP contribution < -0.4 is 5.32 Å². The zero-order valence-electron chi connectivity index (χ0n) is 15.1. The summed E-state index contributed by atoms with van der Waals surface area (Å²) in [6.07, 6.45) is 0.133. The highest BCUT2D eigenvalue weighted by Gasteiger charge is 2.31. The van der Waals surface area contributed by atoms with E-state index in [1.165, 1.54) is 24.1 Å². The van der Waals surface area contributed by atoms with Gasteiger partial charge in [0.25, 0.3) is 0 Å². The molecule has 26 heavy (non-hydrogen) atoms. The summed E-state index contributed by atoms with van der Waals surface area (Å²) < 4.78 is 9.91. The molecule has 1 aromatic rings. The molecule has 1 amide bonds. The molecule has 0 aliphatic carbocycles. The van der Waals surface area contributed by atoms with E-state index in [9.17, 15) is 19.7 Å². The van der Waals surface area contributed by atoms with Gasteiger partial charge in [0.1, 0.15) is 5.60 Å². The number of likely N-dealkylation sites (tertiary alicyclic amines) is 1. The van der Waals surface area contributed by atoms with Crippen LogP contribution in [0.15, 0.2) is 12.1 Å². The van der Waals surface area contributed by atoms with Crippen LogP contribution >= 0.6 is 0 Å². The first-order valence-electron chi connectivity index (χ1n) is 8.09. The van der Waals surface area contributed by atoms with Gasteiger partial charge in [-0.25, -0.2) is 14.6 Å². The molecule has 1 aliphatic heterocycles. The van der Waals surface area contributed by atoms with Gasteiger partial charge >= 0.3 is 17.7 Å². The number of nitrogens with one attached hydrogen (secondary N) is 1. The van der Waals surface area contributed by atoms with Crippen LogP contribution in [-0.2, 0) is 9.47 Å². The summed E-state index contributed by atoms with van der Waals surface area (Å²) >= 11 is 0. The number of hydrogen-bond acceptors (Lipinski definition) is 8. The van der Waals surface area contributed by atoms with Crippen LogP contribution in [-0.4, -0.2) is 58.7 Å². The molecule has 0 bridgehead atoms. The number of amides is 1. The topological polar surface area (TPSA) is 124 Å². The van der Waals surface area contributed by atoms with Crippen molar-refractivity contribution < 1.29 is 24.0 Å². The van der Waals surface area contributed by atoms with E-state index in [0.717, 1.165) is 0 Å². The number of ether oxygens (including phenoxy) is 2. The maximum absolute atomic E-state index is 12.1. The van der Waals surface area contributed by atoms with Crippen molar-refractivity contribution in [3.8, 4) is 0 Å². The SMILES string of the molecule is COC(=O)c1ccc([N+](=O)[O-])c(NC2CCN(C(=O)OC(C)(C)C)C2)n1. The highest BCUT2D eigenvalue weighted by atomic mass is 16.6. The van der Waals surface area contributed by atoms with Crippen LogP contribution in [0.1, 0.15) is 37.7 Å². The molecule has 1 aromatic heterocycles. The fraction of sp³-hybridized carbons (Fsp3) is 0.562. The number of carbonyl (C=O) groups is 2. The molecule has 1 atom stereocenters. The van der Waals surface area contributed by atoms with Crippen LogP contribution in [0.5, 0.6) is 0 Å². The Morgan fingerprint density at radius 3 is 2.65 bits per heavy atom. The quantitative estimate of drug-likeness (QED) is 0.488. The van der Waals surface area contributed by atoms with E-state index in [0.29, 0.717) is 19.5 Å². The zero-order chi connectivity index (χ0) is 19.5. The number of methoxy groups -OCH3 is 1. The lowest BCUT2D eigenvalue weighted by Gasteiger charge is -2.24. The largest absolute Gasteiger partial charge is 0.464 e. The molecule has 10 nitrogen and oxygen atoms in total. The summed E-state index contributed by atoms with van der Waals surface area (Å²) in [5, 5.41) is 14.1. The van der Waals surface area contributed by atoms with Gasteiger partial charge in [0.15, 0.2) is 5.69 Å². The minimum Gasteiger partial charge on any atom is -0.464 e. The van der Waals surface area contributed by atoms with E-state index in [1.807, 2.05) is 0 Å². The van der Waals surface area contributed by atoms with Crippen LogP contribution in [0.2, 0.25) is 0 Å². The summed E-state index contributed by atoms with van der Waals surface area (Å²) in [6.45, 7) is 6.11. The van der Waals surface area contributed by atoms with Crippen molar-refractivity contribution in [2.75, 3.05) is 25.5 Å². The third-order valence-electron chi connectivity index (χ3n) is 3.65. The first-order chi connectivity index (χ1) is 12.1. The Hall–Kier alpha value is -2.91. The maximum Gasteiger partial charge on any atom is 0.410 e. The molecule has 10 heteroatoms. The molecule has 1 unspecified atom stereocenters. The van der Waals surface area contributed by atoms with Gasteiger partial charge in [-0.3, -0.25) is 10.1 Å². The number of hydrogen-bond donors (Lipinski definition) is 1. The lowest BCUT2D eigenvalue weighted by molar-refractivity contribution is -0.384. The number of pyridine rings is 1. The van der Waals surface area contributed by atoms with Crippen LogP contribution in [0.4, 0.5) is 16.3 Å². The fourth-order valence-electron chi connectivity index (χ4n) is 2.49. The van der Waals surface area contributed by atoms with Gasteiger partial charge in [0, 0.05) is 25.2 Å². The van der Waals surface area contributed by atoms with Crippen molar-refractivity contribution in [2.45, 2.75) is 38.8 Å². The van der Waals surface area contributed by atoms with E-state index in [4.69, 9.17) is 4.74 Å². The fourth-order valence-corrected chi connectivity index (χ4v) is 2.49. The third kappa shape index (κ3) is 4.80. The Morgan fingerprint density at radius 1 is 1.38 bits per heavy atom. The molecule has 2 rings (SSSR count). The van der Waals surface area contributed by atoms with Crippen molar-refractivity contribution in [1.82, 2.24) is 9.88 Å². The zero-order valence-corrected chi connectivity index (χ0v) is 15.1. The molecule has 142 valence electrons. The highest BCUT2D eigenvalue weighted by molar-refractivity contribution is 5.88. The number of esters is 1. The van der Waals surface area contributed by atoms with E-state index < -0.39 is 22.6 Å². The van der Waals surface area contributed by atoms with Gasteiger partial charge in [-0.15, -0.1) is 0 Å². The predicted molar refractivity (Wildman–Crippen MR) is 92.1 cm³/mol. The predicted octanol–water partition coefficient (Wildman–Crippen LogP) is 2.20. The monoisotopic (exact) mass is 366 g/mol. The highest BCUT2D eigenvalue weighted by Crippen LogP contribution is 2.25. The standard InChI is InChI=1S/C16H22N4O6/c1-16(2,3)26-15(22)19-8-7-10(9-19)17-13-12(20(23)24)6-5-11(18-13)14(21)25-4/h5-6,10H,7-9H2,1-4H3,(H,17,18). The average molecular weight is 366 g/mol. The van der Waals surface area contributed by atoms with E-state index in [2.05, 4.69) is 15.0 Å². The summed E-state index contributed by atoms with van der Waals surface area (Å²) in [5.41, 5.74) is -0.895. The van der Waals surface area contributed by atoms with E-state index >= 15 is 0 Å². The number of nitro groups is 1.